The Bertz CT molecular complexity index is 573. The van der Waals surface area contributed by atoms with Crippen LogP contribution in [0.2, 0.25) is 0 Å². The topological polar surface area (TPSA) is 46.1 Å². The minimum atomic E-state index is 0. The lowest BCUT2D eigenvalue weighted by molar-refractivity contribution is 0.00992. The summed E-state index contributed by atoms with van der Waals surface area (Å²) in [4.78, 5) is 6.81. The van der Waals surface area contributed by atoms with Crippen LogP contribution in [0, 0.1) is 13.8 Å². The monoisotopic (exact) mass is 489 g/mol. The van der Waals surface area contributed by atoms with Crippen LogP contribution in [-0.4, -0.2) is 64.0 Å². The largest absolute Gasteiger partial charge is 0.385 e. The van der Waals surface area contributed by atoms with Crippen molar-refractivity contribution in [1.82, 2.24) is 10.2 Å². The number of nitrogens with one attached hydrogen (secondary N) is 1. The zero-order valence-corrected chi connectivity index (χ0v) is 19.6. The summed E-state index contributed by atoms with van der Waals surface area (Å²) in [7, 11) is 3.60. The summed E-state index contributed by atoms with van der Waals surface area (Å²) >= 11 is 0. The molecule has 5 nitrogen and oxygen atoms in total. The summed E-state index contributed by atoms with van der Waals surface area (Å²) in [6.07, 6.45) is 4.48. The van der Waals surface area contributed by atoms with Gasteiger partial charge in [-0.25, -0.2) is 0 Å². The first kappa shape index (κ1) is 24.2. The molecular weight excluding hydrogens is 453 g/mol. The Labute approximate surface area is 181 Å². The van der Waals surface area contributed by atoms with E-state index in [4.69, 9.17) is 9.47 Å². The van der Waals surface area contributed by atoms with Crippen molar-refractivity contribution in [3.05, 3.63) is 34.9 Å². The second kappa shape index (κ2) is 13.3. The Kier molecular flexibility index (Phi) is 11.9. The molecule has 1 aliphatic rings. The molecule has 2 rings (SSSR count). The number of benzene rings is 1. The number of likely N-dealkylation sites (tertiary alicyclic amines) is 1. The Hall–Kier alpha value is -0.860. The number of methoxy groups -OCH3 is 1. The van der Waals surface area contributed by atoms with Crippen LogP contribution in [0.5, 0.6) is 0 Å². The Morgan fingerprint density at radius 2 is 1.96 bits per heavy atom. The van der Waals surface area contributed by atoms with E-state index in [1.807, 2.05) is 7.05 Å². The number of hydrogen-bond acceptors (Lipinski definition) is 3. The standard InChI is InChI=1S/C21H35N3O2.HI/c1-17-6-7-19(18(2)16-17)8-11-23-21(22-3)24-12-9-20(10-13-24)26-15-5-14-25-4;/h6-7,16,20H,5,8-15H2,1-4H3,(H,22,23);1H. The zero-order valence-electron chi connectivity index (χ0n) is 17.3. The number of ether oxygens (including phenoxy) is 2. The second-order valence-corrected chi connectivity index (χ2v) is 7.06. The van der Waals surface area contributed by atoms with Crippen molar-refractivity contribution < 1.29 is 9.47 Å². The van der Waals surface area contributed by atoms with E-state index in [9.17, 15) is 0 Å². The average Bonchev–Trinajstić information content (AvgIpc) is 2.65. The van der Waals surface area contributed by atoms with Crippen molar-refractivity contribution in [2.45, 2.75) is 45.6 Å². The molecular formula is C21H36IN3O2. The van der Waals surface area contributed by atoms with Gasteiger partial charge in [-0.1, -0.05) is 23.8 Å². The van der Waals surface area contributed by atoms with Gasteiger partial charge in [0.05, 0.1) is 6.10 Å². The first-order valence-corrected chi connectivity index (χ1v) is 9.76. The number of nitrogens with zero attached hydrogens (tertiary/aromatic N) is 2. The summed E-state index contributed by atoms with van der Waals surface area (Å²) in [5, 5.41) is 3.52. The molecule has 27 heavy (non-hydrogen) atoms. The number of guanidine groups is 1. The van der Waals surface area contributed by atoms with Gasteiger partial charge in [-0.15, -0.1) is 24.0 Å². The molecule has 0 atom stereocenters. The number of hydrogen-bond donors (Lipinski definition) is 1. The molecule has 1 heterocycles. The molecule has 0 aromatic heterocycles. The van der Waals surface area contributed by atoms with Gasteiger partial charge in [0, 0.05) is 47.0 Å². The van der Waals surface area contributed by atoms with Crippen molar-refractivity contribution >= 4 is 29.9 Å². The molecule has 0 spiro atoms. The van der Waals surface area contributed by atoms with E-state index >= 15 is 0 Å². The maximum atomic E-state index is 5.94. The van der Waals surface area contributed by atoms with E-state index in [1.165, 1.54) is 16.7 Å². The van der Waals surface area contributed by atoms with E-state index in [2.05, 4.69) is 47.3 Å². The van der Waals surface area contributed by atoms with E-state index in [1.54, 1.807) is 7.11 Å². The van der Waals surface area contributed by atoms with E-state index in [0.29, 0.717) is 6.10 Å². The van der Waals surface area contributed by atoms with E-state index in [-0.39, 0.29) is 24.0 Å². The SMILES string of the molecule is CN=C(NCCc1ccc(C)cc1C)N1CCC(OCCCOC)CC1.I. The first-order chi connectivity index (χ1) is 12.6. The maximum Gasteiger partial charge on any atom is 0.193 e. The highest BCUT2D eigenvalue weighted by Crippen LogP contribution is 2.14. The van der Waals surface area contributed by atoms with Gasteiger partial charge in [-0.05, 0) is 50.7 Å². The Balaban J connectivity index is 0.00000364. The highest BCUT2D eigenvalue weighted by Gasteiger charge is 2.21. The van der Waals surface area contributed by atoms with Gasteiger partial charge in [-0.3, -0.25) is 4.99 Å². The predicted molar refractivity (Wildman–Crippen MR) is 123 cm³/mol. The molecule has 1 fully saturated rings. The van der Waals surface area contributed by atoms with E-state index in [0.717, 1.165) is 64.5 Å². The van der Waals surface area contributed by atoms with Crippen LogP contribution in [0.3, 0.4) is 0 Å². The molecule has 1 aromatic rings. The fourth-order valence-electron chi connectivity index (χ4n) is 3.46. The summed E-state index contributed by atoms with van der Waals surface area (Å²) in [6.45, 7) is 8.80. The Morgan fingerprint density at radius 3 is 2.59 bits per heavy atom. The zero-order chi connectivity index (χ0) is 18.8. The van der Waals surface area contributed by atoms with Crippen LogP contribution in [0.25, 0.3) is 0 Å². The van der Waals surface area contributed by atoms with Gasteiger partial charge in [0.15, 0.2) is 5.96 Å². The summed E-state index contributed by atoms with van der Waals surface area (Å²) < 4.78 is 11.0. The normalized spacial score (nSPS) is 15.6. The molecule has 0 bridgehead atoms. The van der Waals surface area contributed by atoms with E-state index < -0.39 is 0 Å². The summed E-state index contributed by atoms with van der Waals surface area (Å²) in [6, 6.07) is 6.68. The Morgan fingerprint density at radius 1 is 1.22 bits per heavy atom. The summed E-state index contributed by atoms with van der Waals surface area (Å²) in [5.74, 6) is 1.01. The second-order valence-electron chi connectivity index (χ2n) is 7.06. The first-order valence-electron chi connectivity index (χ1n) is 9.76. The number of rotatable bonds is 8. The van der Waals surface area contributed by atoms with Crippen LogP contribution in [-0.2, 0) is 15.9 Å². The molecule has 1 aromatic carbocycles. The molecule has 0 unspecified atom stereocenters. The number of aliphatic imine (C=N–C) groups is 1. The lowest BCUT2D eigenvalue weighted by Gasteiger charge is -2.34. The third-order valence-electron chi connectivity index (χ3n) is 4.98. The minimum absolute atomic E-state index is 0. The van der Waals surface area contributed by atoms with Crippen LogP contribution in [0.4, 0.5) is 0 Å². The highest BCUT2D eigenvalue weighted by atomic mass is 127. The summed E-state index contributed by atoms with van der Waals surface area (Å²) in [5.41, 5.74) is 4.09. The smallest absolute Gasteiger partial charge is 0.193 e. The molecule has 0 radical (unpaired) electrons. The van der Waals surface area contributed by atoms with Crippen LogP contribution < -0.4 is 5.32 Å². The molecule has 0 saturated carbocycles. The molecule has 6 heteroatoms. The lowest BCUT2D eigenvalue weighted by atomic mass is 10.0. The van der Waals surface area contributed by atoms with Gasteiger partial charge in [0.1, 0.15) is 0 Å². The average molecular weight is 489 g/mol. The minimum Gasteiger partial charge on any atom is -0.385 e. The molecule has 1 N–H and O–H groups in total. The quantitative estimate of drug-likeness (QED) is 0.263. The molecule has 1 saturated heterocycles. The molecule has 0 amide bonds. The maximum absolute atomic E-state index is 5.94. The van der Waals surface area contributed by atoms with Crippen molar-refractivity contribution in [2.24, 2.45) is 4.99 Å². The number of halogens is 1. The van der Waals surface area contributed by atoms with Gasteiger partial charge in [0.25, 0.3) is 0 Å². The lowest BCUT2D eigenvalue weighted by Crippen LogP contribution is -2.47. The fraction of sp³-hybridized carbons (Fsp3) is 0.667. The number of aryl methyl sites for hydroxylation is 2. The third kappa shape index (κ3) is 8.35. The van der Waals surface area contributed by atoms with Gasteiger partial charge >= 0.3 is 0 Å². The van der Waals surface area contributed by atoms with Gasteiger partial charge < -0.3 is 19.7 Å². The van der Waals surface area contributed by atoms with Crippen LogP contribution in [0.1, 0.15) is 36.0 Å². The van der Waals surface area contributed by atoms with Crippen molar-refractivity contribution in [3.8, 4) is 0 Å². The van der Waals surface area contributed by atoms with Crippen molar-refractivity contribution in [3.63, 3.8) is 0 Å². The molecule has 1 aliphatic heterocycles. The van der Waals surface area contributed by atoms with Gasteiger partial charge in [0.2, 0.25) is 0 Å². The van der Waals surface area contributed by atoms with Gasteiger partial charge in [-0.2, -0.15) is 0 Å². The highest BCUT2D eigenvalue weighted by molar-refractivity contribution is 14.0. The van der Waals surface area contributed by atoms with Crippen LogP contribution in [0.15, 0.2) is 23.2 Å². The van der Waals surface area contributed by atoms with Crippen LogP contribution >= 0.6 is 24.0 Å². The molecule has 154 valence electrons. The van der Waals surface area contributed by atoms with Crippen molar-refractivity contribution in [2.75, 3.05) is 47.0 Å². The molecule has 0 aliphatic carbocycles. The van der Waals surface area contributed by atoms with Crippen molar-refractivity contribution in [1.29, 1.82) is 0 Å². The predicted octanol–water partition coefficient (Wildman–Crippen LogP) is 3.56. The fourth-order valence-corrected chi connectivity index (χ4v) is 3.46. The third-order valence-corrected chi connectivity index (χ3v) is 4.98. The number of piperidine rings is 1.